The first-order chi connectivity index (χ1) is 12.2. The zero-order valence-electron chi connectivity index (χ0n) is 16.1. The first kappa shape index (κ1) is 19.1. The van der Waals surface area contributed by atoms with Crippen LogP contribution < -0.4 is 16.0 Å². The van der Waals surface area contributed by atoms with Crippen molar-refractivity contribution < 1.29 is 14.4 Å². The van der Waals surface area contributed by atoms with Crippen molar-refractivity contribution in [3.63, 3.8) is 0 Å². The molecule has 4 fully saturated rings. The highest BCUT2D eigenvalue weighted by molar-refractivity contribution is 5.95. The topological polar surface area (TPSA) is 90.5 Å². The molecule has 26 heavy (non-hydrogen) atoms. The number of nitrogens with one attached hydrogen (secondary N) is 3. The number of likely N-dealkylation sites (N-methyl/N-ethyl adjacent to an activating group) is 1. The summed E-state index contributed by atoms with van der Waals surface area (Å²) < 4.78 is 0. The Morgan fingerprint density at radius 1 is 0.962 bits per heavy atom. The number of rotatable bonds is 6. The lowest BCUT2D eigenvalue weighted by molar-refractivity contribution is -0.124. The number of hydrogen-bond donors (Lipinski definition) is 3. The summed E-state index contributed by atoms with van der Waals surface area (Å²) in [5, 5.41) is 8.35. The first-order valence-corrected chi connectivity index (χ1v) is 9.83. The van der Waals surface area contributed by atoms with Crippen LogP contribution in [-0.4, -0.2) is 54.5 Å². The van der Waals surface area contributed by atoms with Gasteiger partial charge in [-0.15, -0.1) is 0 Å². The van der Waals surface area contributed by atoms with Crippen molar-refractivity contribution in [1.82, 2.24) is 20.9 Å². The number of amides is 4. The largest absolute Gasteiger partial charge is 0.353 e. The third-order valence-electron chi connectivity index (χ3n) is 5.95. The molecule has 0 aliphatic heterocycles. The van der Waals surface area contributed by atoms with Crippen molar-refractivity contribution in [3.05, 3.63) is 0 Å². The number of imide groups is 1. The lowest BCUT2D eigenvalue weighted by atomic mass is 9.53. The van der Waals surface area contributed by atoms with Crippen LogP contribution in [0.2, 0.25) is 0 Å². The standard InChI is InChI=1S/C19H32N4O3/c1-12(2)20-16(24)10-23(3)11-17(25)21-18(26)22-19-7-13-4-14(8-19)6-15(5-13)9-19/h12-15H,4-11H2,1-3H3,(H,20,24)(H2,21,22,25,26). The average Bonchev–Trinajstić information content (AvgIpc) is 2.42. The van der Waals surface area contributed by atoms with E-state index in [4.69, 9.17) is 0 Å². The predicted molar refractivity (Wildman–Crippen MR) is 98.4 cm³/mol. The van der Waals surface area contributed by atoms with Gasteiger partial charge in [0.2, 0.25) is 11.8 Å². The van der Waals surface area contributed by atoms with Gasteiger partial charge in [-0.05, 0) is 77.2 Å². The Morgan fingerprint density at radius 3 is 1.96 bits per heavy atom. The van der Waals surface area contributed by atoms with Crippen LogP contribution in [0.3, 0.4) is 0 Å². The Labute approximate surface area is 155 Å². The monoisotopic (exact) mass is 364 g/mol. The molecule has 0 heterocycles. The molecule has 0 saturated heterocycles. The second-order valence-corrected chi connectivity index (χ2v) is 9.09. The minimum absolute atomic E-state index is 0.0137. The van der Waals surface area contributed by atoms with Gasteiger partial charge in [0.25, 0.3) is 0 Å². The van der Waals surface area contributed by atoms with Crippen molar-refractivity contribution in [2.24, 2.45) is 17.8 Å². The number of nitrogens with zero attached hydrogens (tertiary/aromatic N) is 1. The maximum atomic E-state index is 12.3. The van der Waals surface area contributed by atoms with Gasteiger partial charge < -0.3 is 10.6 Å². The Hall–Kier alpha value is -1.63. The minimum atomic E-state index is -0.392. The SMILES string of the molecule is CC(C)NC(=O)CN(C)CC(=O)NC(=O)NC12CC3CC(CC(C3)C1)C2. The second kappa shape index (κ2) is 7.55. The summed E-state index contributed by atoms with van der Waals surface area (Å²) in [5.41, 5.74) is -0.109. The van der Waals surface area contributed by atoms with Crippen LogP contribution in [-0.2, 0) is 9.59 Å². The maximum Gasteiger partial charge on any atom is 0.321 e. The zero-order chi connectivity index (χ0) is 18.9. The summed E-state index contributed by atoms with van der Waals surface area (Å²) >= 11 is 0. The Kier molecular flexibility index (Phi) is 5.55. The molecule has 4 saturated carbocycles. The summed E-state index contributed by atoms with van der Waals surface area (Å²) in [7, 11) is 1.69. The van der Waals surface area contributed by atoms with Gasteiger partial charge in [-0.25, -0.2) is 4.79 Å². The van der Waals surface area contributed by atoms with Crippen molar-refractivity contribution in [3.8, 4) is 0 Å². The third-order valence-corrected chi connectivity index (χ3v) is 5.95. The number of carbonyl (C=O) groups excluding carboxylic acids is 3. The predicted octanol–water partition coefficient (Wildman–Crippen LogP) is 1.24. The van der Waals surface area contributed by atoms with Gasteiger partial charge in [0, 0.05) is 11.6 Å². The summed E-state index contributed by atoms with van der Waals surface area (Å²) in [6, 6.07) is -0.326. The van der Waals surface area contributed by atoms with Crippen molar-refractivity contribution >= 4 is 17.8 Å². The molecule has 7 nitrogen and oxygen atoms in total. The Morgan fingerprint density at radius 2 is 1.46 bits per heavy atom. The van der Waals surface area contributed by atoms with Crippen LogP contribution >= 0.6 is 0 Å². The lowest BCUT2D eigenvalue weighted by Crippen LogP contribution is -2.62. The lowest BCUT2D eigenvalue weighted by Gasteiger charge is -2.56. The van der Waals surface area contributed by atoms with Crippen molar-refractivity contribution in [1.29, 1.82) is 0 Å². The van der Waals surface area contributed by atoms with Gasteiger partial charge in [-0.3, -0.25) is 19.8 Å². The van der Waals surface area contributed by atoms with E-state index in [9.17, 15) is 14.4 Å². The Bertz CT molecular complexity index is 540. The second-order valence-electron chi connectivity index (χ2n) is 9.09. The van der Waals surface area contributed by atoms with Gasteiger partial charge in [0.05, 0.1) is 13.1 Å². The Balaban J connectivity index is 1.43. The highest BCUT2D eigenvalue weighted by atomic mass is 16.2. The summed E-state index contributed by atoms with van der Waals surface area (Å²) in [6.45, 7) is 3.92. The van der Waals surface area contributed by atoms with Crippen LogP contribution in [0.4, 0.5) is 4.79 Å². The average molecular weight is 364 g/mol. The van der Waals surface area contributed by atoms with E-state index in [-0.39, 0.29) is 36.5 Å². The van der Waals surface area contributed by atoms with E-state index >= 15 is 0 Å². The molecule has 4 aliphatic rings. The zero-order valence-corrected chi connectivity index (χ0v) is 16.1. The van der Waals surface area contributed by atoms with E-state index in [0.29, 0.717) is 0 Å². The van der Waals surface area contributed by atoms with Gasteiger partial charge in [-0.2, -0.15) is 0 Å². The van der Waals surface area contributed by atoms with E-state index in [0.717, 1.165) is 37.0 Å². The molecule has 0 unspecified atom stereocenters. The van der Waals surface area contributed by atoms with E-state index in [1.165, 1.54) is 19.3 Å². The molecule has 3 N–H and O–H groups in total. The molecule has 0 aromatic rings. The van der Waals surface area contributed by atoms with Gasteiger partial charge in [-0.1, -0.05) is 0 Å². The minimum Gasteiger partial charge on any atom is -0.353 e. The first-order valence-electron chi connectivity index (χ1n) is 9.83. The number of urea groups is 1. The van der Waals surface area contributed by atoms with Crippen LogP contribution in [0.5, 0.6) is 0 Å². The highest BCUT2D eigenvalue weighted by Gasteiger charge is 2.51. The van der Waals surface area contributed by atoms with Crippen LogP contribution in [0, 0.1) is 17.8 Å². The quantitative estimate of drug-likeness (QED) is 0.661. The van der Waals surface area contributed by atoms with Crippen LogP contribution in [0.15, 0.2) is 0 Å². The van der Waals surface area contributed by atoms with Crippen LogP contribution in [0.1, 0.15) is 52.4 Å². The molecule has 7 heteroatoms. The van der Waals surface area contributed by atoms with Crippen molar-refractivity contribution in [2.75, 3.05) is 20.1 Å². The molecular weight excluding hydrogens is 332 g/mol. The smallest absolute Gasteiger partial charge is 0.321 e. The molecule has 4 aliphatic carbocycles. The maximum absolute atomic E-state index is 12.3. The van der Waals surface area contributed by atoms with E-state index in [2.05, 4.69) is 16.0 Å². The fourth-order valence-corrected chi connectivity index (χ4v) is 5.62. The summed E-state index contributed by atoms with van der Waals surface area (Å²) in [4.78, 5) is 37.8. The van der Waals surface area contributed by atoms with Gasteiger partial charge in [0.1, 0.15) is 0 Å². The van der Waals surface area contributed by atoms with E-state index in [1.54, 1.807) is 11.9 Å². The fraction of sp³-hybridized carbons (Fsp3) is 0.842. The molecule has 146 valence electrons. The third kappa shape index (κ3) is 4.75. The fourth-order valence-electron chi connectivity index (χ4n) is 5.62. The molecular formula is C19H32N4O3. The number of carbonyl (C=O) groups is 3. The van der Waals surface area contributed by atoms with E-state index in [1.807, 2.05) is 13.8 Å². The molecule has 0 aromatic carbocycles. The highest BCUT2D eigenvalue weighted by Crippen LogP contribution is 2.55. The summed E-state index contributed by atoms with van der Waals surface area (Å²) in [6.07, 6.45) is 7.09. The molecule has 4 bridgehead atoms. The summed E-state index contributed by atoms with van der Waals surface area (Å²) in [5.74, 6) is 1.70. The molecule has 4 amide bonds. The van der Waals surface area contributed by atoms with Crippen molar-refractivity contribution in [2.45, 2.75) is 64.0 Å². The molecule has 0 radical (unpaired) electrons. The molecule has 0 atom stereocenters. The van der Waals surface area contributed by atoms with Crippen LogP contribution in [0.25, 0.3) is 0 Å². The van der Waals surface area contributed by atoms with E-state index < -0.39 is 6.03 Å². The molecule has 0 spiro atoms. The molecule has 0 aromatic heterocycles. The normalized spacial score (nSPS) is 32.0. The van der Waals surface area contributed by atoms with Gasteiger partial charge >= 0.3 is 6.03 Å². The number of hydrogen-bond acceptors (Lipinski definition) is 4. The molecule has 4 rings (SSSR count). The van der Waals surface area contributed by atoms with Gasteiger partial charge in [0.15, 0.2) is 0 Å².